The number of hydrogen-bond donors (Lipinski definition) is 2. The largest absolute Gasteiger partial charge is 0.396 e. The van der Waals surface area contributed by atoms with Gasteiger partial charge in [-0.2, -0.15) is 0 Å². The molecule has 0 radical (unpaired) electrons. The van der Waals surface area contributed by atoms with Crippen LogP contribution in [0.4, 0.5) is 0 Å². The first-order chi connectivity index (χ1) is 8.26. The summed E-state index contributed by atoms with van der Waals surface area (Å²) in [6.07, 6.45) is 10.7. The molecule has 17 heavy (non-hydrogen) atoms. The Morgan fingerprint density at radius 1 is 1.24 bits per heavy atom. The third-order valence-electron chi connectivity index (χ3n) is 4.16. The van der Waals surface area contributed by atoms with Gasteiger partial charge in [0.1, 0.15) is 0 Å². The average Bonchev–Trinajstić information content (AvgIpc) is 2.36. The molecule has 0 aromatic rings. The molecule has 1 fully saturated rings. The van der Waals surface area contributed by atoms with E-state index in [-0.39, 0.29) is 0 Å². The molecular formula is C15H31NO. The minimum Gasteiger partial charge on any atom is -0.396 e. The van der Waals surface area contributed by atoms with E-state index in [1.54, 1.807) is 0 Å². The van der Waals surface area contributed by atoms with E-state index in [9.17, 15) is 0 Å². The summed E-state index contributed by atoms with van der Waals surface area (Å²) >= 11 is 0. The molecular weight excluding hydrogens is 210 g/mol. The van der Waals surface area contributed by atoms with Crippen LogP contribution < -0.4 is 5.32 Å². The quantitative estimate of drug-likeness (QED) is 0.639. The van der Waals surface area contributed by atoms with Gasteiger partial charge in [-0.25, -0.2) is 0 Å². The molecule has 0 heterocycles. The van der Waals surface area contributed by atoms with Crippen molar-refractivity contribution in [2.75, 3.05) is 13.2 Å². The highest BCUT2D eigenvalue weighted by atomic mass is 16.3. The van der Waals surface area contributed by atoms with Crippen LogP contribution in [-0.4, -0.2) is 24.3 Å². The summed E-state index contributed by atoms with van der Waals surface area (Å²) in [4.78, 5) is 0. The van der Waals surface area contributed by atoms with Crippen LogP contribution in [0.5, 0.6) is 0 Å². The number of aliphatic hydroxyl groups excluding tert-OH is 1. The molecule has 2 heteroatoms. The van der Waals surface area contributed by atoms with Crippen molar-refractivity contribution >= 4 is 0 Å². The number of rotatable bonds is 8. The topological polar surface area (TPSA) is 32.3 Å². The first kappa shape index (κ1) is 15.0. The van der Waals surface area contributed by atoms with Crippen LogP contribution in [-0.2, 0) is 0 Å². The normalized spacial score (nSPS) is 27.0. The molecule has 0 saturated heterocycles. The van der Waals surface area contributed by atoms with Crippen molar-refractivity contribution in [3.8, 4) is 0 Å². The molecule has 0 aromatic heterocycles. The molecule has 0 amide bonds. The molecule has 1 atom stereocenters. The monoisotopic (exact) mass is 241 g/mol. The maximum atomic E-state index is 8.94. The standard InChI is InChI=1S/C15H31NO/c1-3-5-14-7-9-15(10-8-14)16-11-4-6-13(2)12-17/h13-17H,3-12H2,1-2H3. The van der Waals surface area contributed by atoms with Crippen molar-refractivity contribution in [3.05, 3.63) is 0 Å². The summed E-state index contributed by atoms with van der Waals surface area (Å²) < 4.78 is 0. The highest BCUT2D eigenvalue weighted by Gasteiger charge is 2.19. The number of aliphatic hydroxyl groups is 1. The van der Waals surface area contributed by atoms with Crippen molar-refractivity contribution in [2.24, 2.45) is 11.8 Å². The molecule has 2 N–H and O–H groups in total. The summed E-state index contributed by atoms with van der Waals surface area (Å²) in [5.41, 5.74) is 0. The fourth-order valence-electron chi connectivity index (χ4n) is 2.91. The van der Waals surface area contributed by atoms with E-state index in [0.29, 0.717) is 12.5 Å². The van der Waals surface area contributed by atoms with Crippen LogP contribution in [0.2, 0.25) is 0 Å². The van der Waals surface area contributed by atoms with E-state index in [0.717, 1.165) is 24.9 Å². The highest BCUT2D eigenvalue weighted by Crippen LogP contribution is 2.27. The summed E-state index contributed by atoms with van der Waals surface area (Å²) in [6, 6.07) is 0.771. The second-order valence-electron chi connectivity index (χ2n) is 5.89. The molecule has 2 nitrogen and oxygen atoms in total. The molecule has 0 bridgehead atoms. The Morgan fingerprint density at radius 2 is 1.94 bits per heavy atom. The number of hydrogen-bond acceptors (Lipinski definition) is 2. The van der Waals surface area contributed by atoms with Gasteiger partial charge in [0.25, 0.3) is 0 Å². The third-order valence-corrected chi connectivity index (χ3v) is 4.16. The minimum absolute atomic E-state index is 0.335. The molecule has 1 aliphatic carbocycles. The highest BCUT2D eigenvalue weighted by molar-refractivity contribution is 4.76. The Labute approximate surface area is 107 Å². The first-order valence-electron chi connectivity index (χ1n) is 7.60. The zero-order valence-electron chi connectivity index (χ0n) is 11.8. The number of nitrogens with one attached hydrogen (secondary N) is 1. The van der Waals surface area contributed by atoms with E-state index >= 15 is 0 Å². The summed E-state index contributed by atoms with van der Waals surface area (Å²) in [5.74, 6) is 1.48. The predicted octanol–water partition coefficient (Wildman–Crippen LogP) is 3.34. The second kappa shape index (κ2) is 8.93. The minimum atomic E-state index is 0.335. The van der Waals surface area contributed by atoms with Gasteiger partial charge in [-0.1, -0.05) is 26.7 Å². The third kappa shape index (κ3) is 6.42. The molecule has 0 aliphatic heterocycles. The van der Waals surface area contributed by atoms with Gasteiger partial charge in [0, 0.05) is 12.6 Å². The molecule has 0 spiro atoms. The van der Waals surface area contributed by atoms with Crippen LogP contribution in [0.15, 0.2) is 0 Å². The van der Waals surface area contributed by atoms with Crippen LogP contribution >= 0.6 is 0 Å². The van der Waals surface area contributed by atoms with Crippen molar-refractivity contribution in [3.63, 3.8) is 0 Å². The molecule has 1 saturated carbocycles. The zero-order valence-corrected chi connectivity index (χ0v) is 11.8. The Hall–Kier alpha value is -0.0800. The van der Waals surface area contributed by atoms with Crippen LogP contribution in [0.1, 0.15) is 65.2 Å². The Kier molecular flexibility index (Phi) is 7.87. The van der Waals surface area contributed by atoms with E-state index in [1.807, 2.05) is 0 Å². The molecule has 0 aromatic carbocycles. The fourth-order valence-corrected chi connectivity index (χ4v) is 2.91. The van der Waals surface area contributed by atoms with Crippen molar-refractivity contribution in [2.45, 2.75) is 71.3 Å². The fraction of sp³-hybridized carbons (Fsp3) is 1.00. The Morgan fingerprint density at radius 3 is 2.53 bits per heavy atom. The average molecular weight is 241 g/mol. The van der Waals surface area contributed by atoms with Gasteiger partial charge in [0.05, 0.1) is 0 Å². The van der Waals surface area contributed by atoms with Crippen LogP contribution in [0, 0.1) is 11.8 Å². The maximum absolute atomic E-state index is 8.94. The van der Waals surface area contributed by atoms with Gasteiger partial charge in [-0.15, -0.1) is 0 Å². The first-order valence-corrected chi connectivity index (χ1v) is 7.60. The van der Waals surface area contributed by atoms with E-state index < -0.39 is 0 Å². The second-order valence-corrected chi connectivity index (χ2v) is 5.89. The van der Waals surface area contributed by atoms with Gasteiger partial charge >= 0.3 is 0 Å². The summed E-state index contributed by atoms with van der Waals surface area (Å²) in [7, 11) is 0. The molecule has 102 valence electrons. The Balaban J connectivity index is 1.99. The summed E-state index contributed by atoms with van der Waals surface area (Å²) in [6.45, 7) is 5.89. The van der Waals surface area contributed by atoms with Crippen molar-refractivity contribution < 1.29 is 5.11 Å². The molecule has 1 rings (SSSR count). The lowest BCUT2D eigenvalue weighted by atomic mass is 9.83. The smallest absolute Gasteiger partial charge is 0.0456 e. The Bertz CT molecular complexity index is 176. The van der Waals surface area contributed by atoms with Gasteiger partial charge < -0.3 is 10.4 Å². The SMILES string of the molecule is CCCC1CCC(NCCCC(C)CO)CC1. The van der Waals surface area contributed by atoms with Crippen molar-refractivity contribution in [1.82, 2.24) is 5.32 Å². The van der Waals surface area contributed by atoms with Crippen LogP contribution in [0.25, 0.3) is 0 Å². The molecule has 1 unspecified atom stereocenters. The van der Waals surface area contributed by atoms with Gasteiger partial charge in [-0.05, 0) is 56.9 Å². The van der Waals surface area contributed by atoms with E-state index in [2.05, 4.69) is 19.2 Å². The predicted molar refractivity (Wildman–Crippen MR) is 74.1 cm³/mol. The lowest BCUT2D eigenvalue weighted by Crippen LogP contribution is -2.34. The van der Waals surface area contributed by atoms with Crippen LogP contribution in [0.3, 0.4) is 0 Å². The van der Waals surface area contributed by atoms with E-state index in [1.165, 1.54) is 44.9 Å². The lowest BCUT2D eigenvalue weighted by molar-refractivity contribution is 0.225. The van der Waals surface area contributed by atoms with E-state index in [4.69, 9.17) is 5.11 Å². The lowest BCUT2D eigenvalue weighted by Gasteiger charge is -2.29. The molecule has 1 aliphatic rings. The van der Waals surface area contributed by atoms with Gasteiger partial charge in [0.2, 0.25) is 0 Å². The van der Waals surface area contributed by atoms with Gasteiger partial charge in [0.15, 0.2) is 0 Å². The maximum Gasteiger partial charge on any atom is 0.0456 e. The van der Waals surface area contributed by atoms with Crippen molar-refractivity contribution in [1.29, 1.82) is 0 Å². The van der Waals surface area contributed by atoms with Gasteiger partial charge in [-0.3, -0.25) is 0 Å². The zero-order chi connectivity index (χ0) is 12.5. The summed E-state index contributed by atoms with van der Waals surface area (Å²) in [5, 5.41) is 12.6.